The molecule has 0 aliphatic heterocycles. The van der Waals surface area contributed by atoms with E-state index in [0.29, 0.717) is 12.1 Å². The average molecular weight is 343 g/mol. The van der Waals surface area contributed by atoms with E-state index in [1.165, 1.54) is 6.33 Å². The molecule has 2 heterocycles. The SMILES string of the molecule is Cc1ccc(NC(=O)c2ccccc2Cn2cncn2)c2cccnc12. The lowest BCUT2D eigenvalue weighted by Crippen LogP contribution is -2.16. The number of pyridine rings is 1. The molecule has 26 heavy (non-hydrogen) atoms. The van der Waals surface area contributed by atoms with Crippen LogP contribution in [0.4, 0.5) is 5.69 Å². The van der Waals surface area contributed by atoms with Crippen molar-refractivity contribution in [2.75, 3.05) is 5.32 Å². The van der Waals surface area contributed by atoms with Gasteiger partial charge in [0.15, 0.2) is 0 Å². The van der Waals surface area contributed by atoms with Crippen LogP contribution in [0.2, 0.25) is 0 Å². The molecular formula is C20H17N5O. The van der Waals surface area contributed by atoms with E-state index < -0.39 is 0 Å². The van der Waals surface area contributed by atoms with Gasteiger partial charge in [-0.15, -0.1) is 0 Å². The standard InChI is InChI=1S/C20H17N5O/c1-14-8-9-18(17-7-4-10-22-19(14)17)24-20(26)16-6-3-2-5-15(16)11-25-13-21-12-23-25/h2-10,12-13H,11H2,1H3,(H,24,26). The molecule has 4 aromatic rings. The van der Waals surface area contributed by atoms with Crippen LogP contribution in [-0.4, -0.2) is 25.7 Å². The first-order chi connectivity index (χ1) is 12.7. The molecule has 0 saturated carbocycles. The number of amides is 1. The van der Waals surface area contributed by atoms with Gasteiger partial charge in [0, 0.05) is 17.1 Å². The maximum atomic E-state index is 12.9. The van der Waals surface area contributed by atoms with Gasteiger partial charge >= 0.3 is 0 Å². The number of aryl methyl sites for hydroxylation is 1. The Hall–Kier alpha value is -3.54. The molecular weight excluding hydrogens is 326 g/mol. The molecule has 2 aromatic carbocycles. The third kappa shape index (κ3) is 3.04. The fourth-order valence-corrected chi connectivity index (χ4v) is 2.98. The van der Waals surface area contributed by atoms with Crippen molar-refractivity contribution in [1.29, 1.82) is 0 Å². The van der Waals surface area contributed by atoms with Crippen molar-refractivity contribution < 1.29 is 4.79 Å². The topological polar surface area (TPSA) is 72.7 Å². The van der Waals surface area contributed by atoms with Gasteiger partial charge in [0.05, 0.1) is 17.7 Å². The highest BCUT2D eigenvalue weighted by molar-refractivity contribution is 6.09. The van der Waals surface area contributed by atoms with Crippen molar-refractivity contribution in [1.82, 2.24) is 19.7 Å². The van der Waals surface area contributed by atoms with Gasteiger partial charge in [-0.05, 0) is 42.3 Å². The minimum atomic E-state index is -0.158. The van der Waals surface area contributed by atoms with Gasteiger partial charge in [-0.2, -0.15) is 5.10 Å². The predicted octanol–water partition coefficient (Wildman–Crippen LogP) is 3.44. The van der Waals surface area contributed by atoms with Gasteiger partial charge < -0.3 is 5.32 Å². The zero-order valence-electron chi connectivity index (χ0n) is 14.3. The number of hydrogen-bond donors (Lipinski definition) is 1. The molecule has 0 fully saturated rings. The highest BCUT2D eigenvalue weighted by Crippen LogP contribution is 2.25. The van der Waals surface area contributed by atoms with E-state index in [0.717, 1.165) is 27.7 Å². The van der Waals surface area contributed by atoms with Crippen molar-refractivity contribution in [2.45, 2.75) is 13.5 Å². The summed E-state index contributed by atoms with van der Waals surface area (Å²) in [6.45, 7) is 2.49. The Morgan fingerprint density at radius 2 is 2.00 bits per heavy atom. The van der Waals surface area contributed by atoms with E-state index in [1.54, 1.807) is 17.2 Å². The molecule has 0 radical (unpaired) electrons. The number of fused-ring (bicyclic) bond motifs is 1. The molecule has 6 heteroatoms. The van der Waals surface area contributed by atoms with Crippen LogP contribution in [0.15, 0.2) is 67.4 Å². The van der Waals surface area contributed by atoms with Gasteiger partial charge in [-0.25, -0.2) is 9.67 Å². The monoisotopic (exact) mass is 343 g/mol. The first-order valence-electron chi connectivity index (χ1n) is 8.28. The second kappa shape index (κ2) is 6.76. The lowest BCUT2D eigenvalue weighted by molar-refractivity contribution is 0.102. The average Bonchev–Trinajstić information content (AvgIpc) is 3.18. The zero-order valence-corrected chi connectivity index (χ0v) is 14.3. The molecule has 0 atom stereocenters. The summed E-state index contributed by atoms with van der Waals surface area (Å²) in [5.74, 6) is -0.158. The van der Waals surface area contributed by atoms with Crippen molar-refractivity contribution in [3.05, 3.63) is 84.1 Å². The number of nitrogens with zero attached hydrogens (tertiary/aromatic N) is 4. The molecule has 4 rings (SSSR count). The van der Waals surface area contributed by atoms with Crippen molar-refractivity contribution in [3.63, 3.8) is 0 Å². The van der Waals surface area contributed by atoms with Crippen LogP contribution in [-0.2, 0) is 6.54 Å². The fourth-order valence-electron chi connectivity index (χ4n) is 2.98. The summed E-state index contributed by atoms with van der Waals surface area (Å²) in [6, 6.07) is 15.2. The Labute approximate surface area is 150 Å². The van der Waals surface area contributed by atoms with Crippen LogP contribution >= 0.6 is 0 Å². The van der Waals surface area contributed by atoms with Gasteiger partial charge in [0.2, 0.25) is 0 Å². The highest BCUT2D eigenvalue weighted by atomic mass is 16.1. The quantitative estimate of drug-likeness (QED) is 0.616. The first kappa shape index (κ1) is 16.0. The summed E-state index contributed by atoms with van der Waals surface area (Å²) in [4.78, 5) is 21.3. The van der Waals surface area contributed by atoms with E-state index >= 15 is 0 Å². The highest BCUT2D eigenvalue weighted by Gasteiger charge is 2.14. The van der Waals surface area contributed by atoms with Crippen LogP contribution in [0.5, 0.6) is 0 Å². The van der Waals surface area contributed by atoms with Gasteiger partial charge in [-0.1, -0.05) is 24.3 Å². The second-order valence-corrected chi connectivity index (χ2v) is 6.03. The largest absolute Gasteiger partial charge is 0.321 e. The lowest BCUT2D eigenvalue weighted by atomic mass is 10.1. The number of carbonyl (C=O) groups excluding carboxylic acids is 1. The maximum absolute atomic E-state index is 12.9. The Balaban J connectivity index is 1.67. The fraction of sp³-hybridized carbons (Fsp3) is 0.100. The van der Waals surface area contributed by atoms with E-state index in [2.05, 4.69) is 20.4 Å². The summed E-state index contributed by atoms with van der Waals surface area (Å²) >= 11 is 0. The Kier molecular flexibility index (Phi) is 4.15. The van der Waals surface area contributed by atoms with Crippen molar-refractivity contribution in [2.24, 2.45) is 0 Å². The Morgan fingerprint density at radius 3 is 2.85 bits per heavy atom. The van der Waals surface area contributed by atoms with Crippen LogP contribution in [0.25, 0.3) is 10.9 Å². The van der Waals surface area contributed by atoms with Crippen LogP contribution in [0.3, 0.4) is 0 Å². The van der Waals surface area contributed by atoms with E-state index in [-0.39, 0.29) is 5.91 Å². The van der Waals surface area contributed by atoms with E-state index in [4.69, 9.17) is 0 Å². The molecule has 0 bridgehead atoms. The molecule has 6 nitrogen and oxygen atoms in total. The van der Waals surface area contributed by atoms with Gasteiger partial charge in [0.25, 0.3) is 5.91 Å². The molecule has 0 aliphatic carbocycles. The molecule has 128 valence electrons. The number of carbonyl (C=O) groups is 1. The van der Waals surface area contributed by atoms with Crippen LogP contribution < -0.4 is 5.32 Å². The Bertz CT molecular complexity index is 1070. The summed E-state index contributed by atoms with van der Waals surface area (Å²) in [5.41, 5.74) is 4.20. The molecule has 2 aromatic heterocycles. The molecule has 0 aliphatic rings. The predicted molar refractivity (Wildman–Crippen MR) is 100.0 cm³/mol. The third-order valence-corrected chi connectivity index (χ3v) is 4.28. The number of aromatic nitrogens is 4. The number of nitrogens with one attached hydrogen (secondary N) is 1. The zero-order chi connectivity index (χ0) is 17.9. The number of rotatable bonds is 4. The molecule has 1 amide bonds. The maximum Gasteiger partial charge on any atom is 0.256 e. The lowest BCUT2D eigenvalue weighted by Gasteiger charge is -2.12. The molecule has 1 N–H and O–H groups in total. The smallest absolute Gasteiger partial charge is 0.256 e. The minimum Gasteiger partial charge on any atom is -0.321 e. The third-order valence-electron chi connectivity index (χ3n) is 4.28. The van der Waals surface area contributed by atoms with Gasteiger partial charge in [-0.3, -0.25) is 9.78 Å². The summed E-state index contributed by atoms with van der Waals surface area (Å²) < 4.78 is 1.69. The summed E-state index contributed by atoms with van der Waals surface area (Å²) in [6.07, 6.45) is 4.87. The Morgan fingerprint density at radius 1 is 1.12 bits per heavy atom. The van der Waals surface area contributed by atoms with Crippen molar-refractivity contribution in [3.8, 4) is 0 Å². The molecule has 0 spiro atoms. The molecule has 0 unspecified atom stereocenters. The van der Waals surface area contributed by atoms with Crippen LogP contribution in [0.1, 0.15) is 21.5 Å². The normalized spacial score (nSPS) is 10.8. The van der Waals surface area contributed by atoms with Gasteiger partial charge in [0.1, 0.15) is 12.7 Å². The van der Waals surface area contributed by atoms with Crippen LogP contribution in [0, 0.1) is 6.92 Å². The minimum absolute atomic E-state index is 0.158. The van der Waals surface area contributed by atoms with Crippen molar-refractivity contribution >= 4 is 22.5 Å². The number of hydrogen-bond acceptors (Lipinski definition) is 4. The number of anilines is 1. The number of benzene rings is 2. The summed E-state index contributed by atoms with van der Waals surface area (Å²) in [7, 11) is 0. The summed E-state index contributed by atoms with van der Waals surface area (Å²) in [5, 5.41) is 8.06. The first-order valence-corrected chi connectivity index (χ1v) is 8.28. The second-order valence-electron chi connectivity index (χ2n) is 6.03. The molecule has 0 saturated heterocycles. The van der Waals surface area contributed by atoms with E-state index in [9.17, 15) is 4.79 Å². The van der Waals surface area contributed by atoms with E-state index in [1.807, 2.05) is 55.5 Å².